The van der Waals surface area contributed by atoms with Crippen molar-refractivity contribution in [1.29, 1.82) is 0 Å². The van der Waals surface area contributed by atoms with Crippen LogP contribution in [0.25, 0.3) is 11.0 Å². The molecule has 0 amide bonds. The van der Waals surface area contributed by atoms with Crippen LogP contribution < -0.4 is 5.32 Å². The van der Waals surface area contributed by atoms with Gasteiger partial charge in [-0.1, -0.05) is 19.1 Å². The second-order valence-corrected chi connectivity index (χ2v) is 6.51. The van der Waals surface area contributed by atoms with Gasteiger partial charge in [0.15, 0.2) is 0 Å². The van der Waals surface area contributed by atoms with Crippen molar-refractivity contribution in [2.24, 2.45) is 0 Å². The van der Waals surface area contributed by atoms with E-state index in [1.807, 2.05) is 38.1 Å². The Bertz CT molecular complexity index is 604. The summed E-state index contributed by atoms with van der Waals surface area (Å²) in [5, 5.41) is 13.7. The highest BCUT2D eigenvalue weighted by atomic mass is 16.3. The van der Waals surface area contributed by atoms with Crippen LogP contribution in [0.15, 0.2) is 24.3 Å². The van der Waals surface area contributed by atoms with Gasteiger partial charge in [-0.2, -0.15) is 0 Å². The van der Waals surface area contributed by atoms with Gasteiger partial charge in [0.1, 0.15) is 5.82 Å². The van der Waals surface area contributed by atoms with Gasteiger partial charge in [0, 0.05) is 19.6 Å². The van der Waals surface area contributed by atoms with E-state index in [-0.39, 0.29) is 0 Å². The van der Waals surface area contributed by atoms with Gasteiger partial charge in [-0.3, -0.25) is 0 Å². The predicted molar refractivity (Wildman–Crippen MR) is 90.9 cm³/mol. The van der Waals surface area contributed by atoms with E-state index in [0.717, 1.165) is 24.3 Å². The van der Waals surface area contributed by atoms with Crippen molar-refractivity contribution in [3.8, 4) is 0 Å². The number of aliphatic hydroxyl groups is 1. The molecule has 1 unspecified atom stereocenters. The van der Waals surface area contributed by atoms with Gasteiger partial charge >= 0.3 is 0 Å². The minimum Gasteiger partial charge on any atom is -0.388 e. The molecule has 0 aliphatic carbocycles. The highest BCUT2D eigenvalue weighted by Crippen LogP contribution is 2.16. The molecule has 1 aromatic heterocycles. The average molecular weight is 304 g/mol. The molecule has 0 saturated carbocycles. The molecule has 0 aliphatic rings. The molecule has 2 N–H and O–H groups in total. The molecular formula is C17H28N4O. The van der Waals surface area contributed by atoms with Crippen LogP contribution in [0.5, 0.6) is 0 Å². The Hall–Kier alpha value is -1.43. The number of likely N-dealkylation sites (N-methyl/N-ethyl adjacent to an activating group) is 1. The van der Waals surface area contributed by atoms with Gasteiger partial charge in [0.2, 0.25) is 0 Å². The van der Waals surface area contributed by atoms with E-state index in [0.29, 0.717) is 19.6 Å². The maximum absolute atomic E-state index is 10.3. The molecule has 1 aromatic carbocycles. The van der Waals surface area contributed by atoms with Crippen LogP contribution >= 0.6 is 0 Å². The normalized spacial score (nSPS) is 14.6. The number of aryl methyl sites for hydroxylation is 1. The van der Waals surface area contributed by atoms with Gasteiger partial charge in [-0.25, -0.2) is 4.98 Å². The second kappa shape index (κ2) is 7.22. The molecule has 1 heterocycles. The Morgan fingerprint density at radius 3 is 2.73 bits per heavy atom. The van der Waals surface area contributed by atoms with Crippen LogP contribution in [-0.2, 0) is 13.1 Å². The van der Waals surface area contributed by atoms with Gasteiger partial charge in [0.25, 0.3) is 0 Å². The third-order valence-corrected chi connectivity index (χ3v) is 3.63. The Labute approximate surface area is 133 Å². The summed E-state index contributed by atoms with van der Waals surface area (Å²) in [6.07, 6.45) is 1.08. The SMILES string of the molecule is CCCn1c(CNCC(C)(O)CN(C)C)nc2ccccc21. The lowest BCUT2D eigenvalue weighted by molar-refractivity contribution is 0.0334. The zero-order valence-corrected chi connectivity index (χ0v) is 14.1. The Morgan fingerprint density at radius 1 is 1.32 bits per heavy atom. The zero-order chi connectivity index (χ0) is 16.2. The fraction of sp³-hybridized carbons (Fsp3) is 0.588. The van der Waals surface area contributed by atoms with Crippen molar-refractivity contribution in [3.05, 3.63) is 30.1 Å². The minimum absolute atomic E-state index is 0.542. The first-order valence-corrected chi connectivity index (χ1v) is 7.95. The molecular weight excluding hydrogens is 276 g/mol. The Kier molecular flexibility index (Phi) is 5.56. The summed E-state index contributed by atoms with van der Waals surface area (Å²) in [6.45, 7) is 6.83. The molecule has 1 atom stereocenters. The number of hydrogen-bond acceptors (Lipinski definition) is 4. The maximum atomic E-state index is 10.3. The number of fused-ring (bicyclic) bond motifs is 1. The molecule has 0 spiro atoms. The summed E-state index contributed by atoms with van der Waals surface area (Å²) < 4.78 is 2.27. The average Bonchev–Trinajstić information content (AvgIpc) is 2.76. The molecule has 122 valence electrons. The summed E-state index contributed by atoms with van der Waals surface area (Å²) >= 11 is 0. The summed E-state index contributed by atoms with van der Waals surface area (Å²) in [5.41, 5.74) is 1.47. The number of rotatable bonds is 8. The molecule has 0 aliphatic heterocycles. The number of nitrogens with one attached hydrogen (secondary N) is 1. The Balaban J connectivity index is 2.06. The fourth-order valence-corrected chi connectivity index (χ4v) is 2.91. The summed E-state index contributed by atoms with van der Waals surface area (Å²) in [4.78, 5) is 6.71. The molecule has 0 fully saturated rings. The standard InChI is InChI=1S/C17H28N4O/c1-5-10-21-15-9-7-6-8-14(15)19-16(21)11-18-12-17(2,22)13-20(3)4/h6-9,18,22H,5,10-13H2,1-4H3. The number of imidazole rings is 1. The summed E-state index contributed by atoms with van der Waals surface area (Å²) in [6, 6.07) is 8.23. The van der Waals surface area contributed by atoms with E-state index in [1.165, 1.54) is 5.52 Å². The topological polar surface area (TPSA) is 53.3 Å². The van der Waals surface area contributed by atoms with Gasteiger partial charge in [-0.15, -0.1) is 0 Å². The van der Waals surface area contributed by atoms with Crippen molar-refractivity contribution < 1.29 is 5.11 Å². The predicted octanol–water partition coefficient (Wildman–Crippen LogP) is 1.85. The van der Waals surface area contributed by atoms with Crippen LogP contribution in [0.3, 0.4) is 0 Å². The van der Waals surface area contributed by atoms with E-state index in [2.05, 4.69) is 28.9 Å². The van der Waals surface area contributed by atoms with Crippen LogP contribution in [0, 0.1) is 0 Å². The van der Waals surface area contributed by atoms with Gasteiger partial charge in [-0.05, 0) is 39.6 Å². The first-order valence-electron chi connectivity index (χ1n) is 7.95. The van der Waals surface area contributed by atoms with Crippen molar-refractivity contribution >= 4 is 11.0 Å². The number of nitrogens with zero attached hydrogens (tertiary/aromatic N) is 3. The first kappa shape index (κ1) is 16.9. The number of para-hydroxylation sites is 2. The second-order valence-electron chi connectivity index (χ2n) is 6.51. The van der Waals surface area contributed by atoms with Crippen LogP contribution in [0.4, 0.5) is 0 Å². The smallest absolute Gasteiger partial charge is 0.123 e. The molecule has 5 nitrogen and oxygen atoms in total. The molecule has 0 bridgehead atoms. The van der Waals surface area contributed by atoms with E-state index < -0.39 is 5.60 Å². The third kappa shape index (κ3) is 4.29. The zero-order valence-electron chi connectivity index (χ0n) is 14.1. The molecule has 5 heteroatoms. The lowest BCUT2D eigenvalue weighted by Crippen LogP contribution is -2.45. The number of aromatic nitrogens is 2. The largest absolute Gasteiger partial charge is 0.388 e. The molecule has 0 radical (unpaired) electrons. The summed E-state index contributed by atoms with van der Waals surface area (Å²) in [7, 11) is 3.93. The fourth-order valence-electron chi connectivity index (χ4n) is 2.91. The monoisotopic (exact) mass is 304 g/mol. The highest BCUT2D eigenvalue weighted by molar-refractivity contribution is 5.75. The highest BCUT2D eigenvalue weighted by Gasteiger charge is 2.21. The molecule has 2 rings (SSSR count). The van der Waals surface area contributed by atoms with Crippen LogP contribution in [0.2, 0.25) is 0 Å². The van der Waals surface area contributed by atoms with Gasteiger partial charge < -0.3 is 19.9 Å². The maximum Gasteiger partial charge on any atom is 0.123 e. The molecule has 0 saturated heterocycles. The molecule has 2 aromatic rings. The minimum atomic E-state index is -0.745. The van der Waals surface area contributed by atoms with E-state index in [9.17, 15) is 5.11 Å². The van der Waals surface area contributed by atoms with E-state index in [4.69, 9.17) is 4.98 Å². The van der Waals surface area contributed by atoms with Crippen molar-refractivity contribution in [2.75, 3.05) is 27.2 Å². The third-order valence-electron chi connectivity index (χ3n) is 3.63. The number of benzene rings is 1. The lowest BCUT2D eigenvalue weighted by Gasteiger charge is -2.27. The Morgan fingerprint density at radius 2 is 2.05 bits per heavy atom. The molecule has 22 heavy (non-hydrogen) atoms. The van der Waals surface area contributed by atoms with E-state index >= 15 is 0 Å². The van der Waals surface area contributed by atoms with Crippen molar-refractivity contribution in [3.63, 3.8) is 0 Å². The first-order chi connectivity index (χ1) is 10.4. The van der Waals surface area contributed by atoms with Crippen molar-refractivity contribution in [2.45, 2.75) is 39.0 Å². The quantitative estimate of drug-likeness (QED) is 0.781. The van der Waals surface area contributed by atoms with Crippen LogP contribution in [-0.4, -0.2) is 52.3 Å². The van der Waals surface area contributed by atoms with Crippen molar-refractivity contribution in [1.82, 2.24) is 19.8 Å². The lowest BCUT2D eigenvalue weighted by atomic mass is 10.1. The summed E-state index contributed by atoms with van der Waals surface area (Å²) in [5.74, 6) is 1.03. The van der Waals surface area contributed by atoms with Crippen LogP contribution in [0.1, 0.15) is 26.1 Å². The van der Waals surface area contributed by atoms with E-state index in [1.54, 1.807) is 0 Å². The number of hydrogen-bond donors (Lipinski definition) is 2. The van der Waals surface area contributed by atoms with Gasteiger partial charge in [0.05, 0.1) is 23.2 Å².